The van der Waals surface area contributed by atoms with Gasteiger partial charge < -0.3 is 29.7 Å². The maximum absolute atomic E-state index is 13.8. The van der Waals surface area contributed by atoms with Crippen molar-refractivity contribution in [2.45, 2.75) is 76.3 Å². The molecule has 2 aliphatic carbocycles. The molecule has 10 rings (SSSR count). The fraction of sp³-hybridized carbons (Fsp3) is 0.340. The number of hydrogen-bond donors (Lipinski definition) is 3. The third-order valence-electron chi connectivity index (χ3n) is 12.8. The topological polar surface area (TPSA) is 146 Å². The summed E-state index contributed by atoms with van der Waals surface area (Å²) >= 11 is 0. The molecule has 2 aliphatic heterocycles. The van der Waals surface area contributed by atoms with E-state index in [1.54, 1.807) is 0 Å². The second-order valence-electron chi connectivity index (χ2n) is 16.9. The number of ether oxygens (including phenoxy) is 2. The number of aromatic nitrogens is 4. The second-order valence-corrected chi connectivity index (χ2v) is 16.9. The summed E-state index contributed by atoms with van der Waals surface area (Å²) in [5.74, 6) is 2.34. The van der Waals surface area contributed by atoms with Crippen LogP contribution in [0, 0.1) is 17.8 Å². The van der Waals surface area contributed by atoms with E-state index in [0.29, 0.717) is 11.8 Å². The molecule has 7 atom stereocenters. The Kier molecular flexibility index (Phi) is 9.22. The average molecular weight is 790 g/mol. The fourth-order valence-corrected chi connectivity index (χ4v) is 9.37. The lowest BCUT2D eigenvalue weighted by Gasteiger charge is -2.31. The van der Waals surface area contributed by atoms with Gasteiger partial charge in [0, 0.05) is 17.6 Å². The molecular formula is C47H47N7O5. The zero-order chi connectivity index (χ0) is 40.4. The Balaban J connectivity index is 0.811. The molecule has 2 saturated heterocycles. The summed E-state index contributed by atoms with van der Waals surface area (Å²) in [6, 6.07) is 30.6. The monoisotopic (exact) mass is 789 g/mol. The van der Waals surface area contributed by atoms with Crippen LogP contribution in [0.2, 0.25) is 0 Å². The Hall–Kier alpha value is -6.43. The van der Waals surface area contributed by atoms with E-state index in [9.17, 15) is 14.4 Å². The summed E-state index contributed by atoms with van der Waals surface area (Å²) in [5.41, 5.74) is 7.05. The van der Waals surface area contributed by atoms with Crippen LogP contribution in [0.15, 0.2) is 103 Å². The van der Waals surface area contributed by atoms with Gasteiger partial charge in [0.15, 0.2) is 0 Å². The molecule has 12 heteroatoms. The number of alkyl carbamates (subject to hydrolysis) is 1. The first-order chi connectivity index (χ1) is 28.7. The molecule has 0 radical (unpaired) electrons. The van der Waals surface area contributed by atoms with Gasteiger partial charge in [-0.3, -0.25) is 9.69 Å². The average Bonchev–Trinajstić information content (AvgIpc) is 3.84. The number of fused-ring (bicyclic) bond motifs is 3. The van der Waals surface area contributed by atoms with E-state index in [2.05, 4.69) is 75.9 Å². The number of H-pyrrole nitrogens is 2. The molecule has 300 valence electrons. The van der Waals surface area contributed by atoms with Crippen molar-refractivity contribution in [1.29, 1.82) is 0 Å². The lowest BCUT2D eigenvalue weighted by molar-refractivity contribution is -0.136. The number of piperidine rings is 2. The van der Waals surface area contributed by atoms with Crippen LogP contribution in [0.1, 0.15) is 68.8 Å². The zero-order valence-corrected chi connectivity index (χ0v) is 33.3. The van der Waals surface area contributed by atoms with Crippen molar-refractivity contribution in [2.75, 3.05) is 7.11 Å². The molecule has 3 amide bonds. The van der Waals surface area contributed by atoms with Crippen LogP contribution < -0.4 is 5.32 Å². The van der Waals surface area contributed by atoms with Crippen LogP contribution in [-0.2, 0) is 20.9 Å². The van der Waals surface area contributed by atoms with Crippen molar-refractivity contribution in [3.05, 3.63) is 121 Å². The molecule has 4 fully saturated rings. The van der Waals surface area contributed by atoms with Crippen LogP contribution >= 0.6 is 0 Å². The van der Waals surface area contributed by atoms with Crippen molar-refractivity contribution in [1.82, 2.24) is 35.1 Å². The lowest BCUT2D eigenvalue weighted by atomic mass is 9.98. The highest BCUT2D eigenvalue weighted by Crippen LogP contribution is 2.54. The molecule has 3 unspecified atom stereocenters. The Morgan fingerprint density at radius 3 is 1.92 bits per heavy atom. The van der Waals surface area contributed by atoms with E-state index in [4.69, 9.17) is 19.4 Å². The molecule has 3 N–H and O–H groups in total. The number of aromatic amines is 2. The Morgan fingerprint density at radius 2 is 1.27 bits per heavy atom. The third kappa shape index (κ3) is 7.00. The summed E-state index contributed by atoms with van der Waals surface area (Å²) in [6.07, 6.45) is 6.58. The van der Waals surface area contributed by atoms with E-state index in [1.807, 2.05) is 66.4 Å². The van der Waals surface area contributed by atoms with Crippen LogP contribution in [0.5, 0.6) is 0 Å². The number of likely N-dealkylation sites (tertiary alicyclic amines) is 2. The number of carbonyl (C=O) groups excluding carboxylic acids is 3. The molecule has 4 aliphatic rings. The molecule has 12 nitrogen and oxygen atoms in total. The zero-order valence-electron chi connectivity index (χ0n) is 33.3. The van der Waals surface area contributed by atoms with Gasteiger partial charge in [-0.25, -0.2) is 19.6 Å². The SMILES string of the molecule is COC(=O)N[C@H](C(=O)N1[C@@H]2C[C@@H]2C[C@H]1c1ncc(-c2ccc3cc(-c4ccc(-c5cnc(C6CC7CC7N6C(=O)OCc6ccccc6)[nH]5)cc4)ccc3c2)[nH]1)C(C)C. The van der Waals surface area contributed by atoms with Crippen molar-refractivity contribution in [2.24, 2.45) is 17.8 Å². The summed E-state index contributed by atoms with van der Waals surface area (Å²) in [4.78, 5) is 59.5. The van der Waals surface area contributed by atoms with Gasteiger partial charge in [-0.15, -0.1) is 0 Å². The van der Waals surface area contributed by atoms with E-state index in [0.717, 1.165) is 87.3 Å². The molecule has 4 aromatic carbocycles. The summed E-state index contributed by atoms with van der Waals surface area (Å²) in [7, 11) is 1.31. The summed E-state index contributed by atoms with van der Waals surface area (Å²) in [5, 5.41) is 4.98. The lowest BCUT2D eigenvalue weighted by Crippen LogP contribution is -2.52. The number of hydrogen-bond acceptors (Lipinski definition) is 7. The second kappa shape index (κ2) is 14.7. The highest BCUT2D eigenvalue weighted by atomic mass is 16.6. The molecule has 0 spiro atoms. The molecule has 6 aromatic rings. The standard InChI is InChI=1S/C47H47N7O5/c1-26(2)42(52-46(56)58-3)45(55)53-38-19-34(38)21-40(53)43-49-24-37(51-43)33-16-15-31-17-30(13-14-32(31)18-33)28-9-11-29(12-10-28)36-23-48-44(50-36)41-22-35-20-39(35)54(41)47(57)59-25-27-7-5-4-6-8-27/h4-18,23-24,26,34-35,38-42H,19-22,25H2,1-3H3,(H,48,50)(H,49,51)(H,52,56)/t34-,35?,38-,39?,40+,41?,42+/m1/s1. The quantitative estimate of drug-likeness (QED) is 0.126. The number of amides is 3. The number of benzene rings is 4. The van der Waals surface area contributed by atoms with Crippen LogP contribution in [0.25, 0.3) is 44.4 Å². The van der Waals surface area contributed by atoms with Gasteiger partial charge in [-0.2, -0.15) is 0 Å². The summed E-state index contributed by atoms with van der Waals surface area (Å²) in [6.45, 7) is 4.11. The number of imidazole rings is 2. The fourth-order valence-electron chi connectivity index (χ4n) is 9.37. The minimum absolute atomic E-state index is 0.0905. The summed E-state index contributed by atoms with van der Waals surface area (Å²) < 4.78 is 10.5. The van der Waals surface area contributed by atoms with Crippen molar-refractivity contribution in [3.63, 3.8) is 0 Å². The maximum atomic E-state index is 13.8. The molecule has 2 saturated carbocycles. The molecule has 59 heavy (non-hydrogen) atoms. The van der Waals surface area contributed by atoms with Crippen molar-refractivity contribution >= 4 is 28.9 Å². The van der Waals surface area contributed by atoms with Gasteiger partial charge in [-0.1, -0.05) is 92.7 Å². The highest BCUT2D eigenvalue weighted by molar-refractivity contribution is 5.91. The maximum Gasteiger partial charge on any atom is 0.410 e. The number of carbonyl (C=O) groups is 3. The van der Waals surface area contributed by atoms with Crippen molar-refractivity contribution in [3.8, 4) is 33.6 Å². The van der Waals surface area contributed by atoms with Gasteiger partial charge >= 0.3 is 12.2 Å². The Bertz CT molecular complexity index is 2550. The molecule has 4 heterocycles. The van der Waals surface area contributed by atoms with E-state index in [-0.39, 0.29) is 48.7 Å². The highest BCUT2D eigenvalue weighted by Gasteiger charge is 2.57. The molecule has 0 bridgehead atoms. The number of rotatable bonds is 10. The van der Waals surface area contributed by atoms with Gasteiger partial charge in [-0.05, 0) is 88.6 Å². The van der Waals surface area contributed by atoms with E-state index >= 15 is 0 Å². The van der Waals surface area contributed by atoms with Crippen LogP contribution in [0.3, 0.4) is 0 Å². The van der Waals surface area contributed by atoms with Crippen LogP contribution in [-0.4, -0.2) is 73.1 Å². The first kappa shape index (κ1) is 36.9. The predicted molar refractivity (Wildman–Crippen MR) is 223 cm³/mol. The number of nitrogens with zero attached hydrogens (tertiary/aromatic N) is 4. The minimum atomic E-state index is -0.670. The van der Waals surface area contributed by atoms with Crippen LogP contribution in [0.4, 0.5) is 9.59 Å². The normalized spacial score (nSPS) is 23.2. The van der Waals surface area contributed by atoms with E-state index < -0.39 is 12.1 Å². The third-order valence-corrected chi connectivity index (χ3v) is 12.8. The Morgan fingerprint density at radius 1 is 0.712 bits per heavy atom. The first-order valence-electron chi connectivity index (χ1n) is 20.6. The largest absolute Gasteiger partial charge is 0.453 e. The van der Waals surface area contributed by atoms with Gasteiger partial charge in [0.25, 0.3) is 0 Å². The minimum Gasteiger partial charge on any atom is -0.453 e. The predicted octanol–water partition coefficient (Wildman–Crippen LogP) is 8.80. The first-order valence-corrected chi connectivity index (χ1v) is 20.6. The smallest absolute Gasteiger partial charge is 0.410 e. The van der Waals surface area contributed by atoms with Gasteiger partial charge in [0.2, 0.25) is 5.91 Å². The number of nitrogens with one attached hydrogen (secondary N) is 3. The number of methoxy groups -OCH3 is 1. The van der Waals surface area contributed by atoms with Gasteiger partial charge in [0.1, 0.15) is 24.3 Å². The Labute approximate surface area is 342 Å². The van der Waals surface area contributed by atoms with Crippen molar-refractivity contribution < 1.29 is 23.9 Å². The van der Waals surface area contributed by atoms with E-state index in [1.165, 1.54) is 7.11 Å². The molecule has 2 aromatic heterocycles. The van der Waals surface area contributed by atoms with Gasteiger partial charge in [0.05, 0.1) is 43.0 Å². The molecular weight excluding hydrogens is 743 g/mol.